The summed E-state index contributed by atoms with van der Waals surface area (Å²) in [7, 11) is 0. The number of nitrogens with one attached hydrogen (secondary N) is 1. The fourth-order valence-corrected chi connectivity index (χ4v) is 4.17. The van der Waals surface area contributed by atoms with E-state index in [1.807, 2.05) is 30.3 Å². The SMILES string of the molecule is CC(=O)OC1(CF)OC(=O)CC1NC(=O)C1(C(C)C)CC(c2nccc3ccccc23)=NO1. The Morgan fingerprint density at radius 2 is 2.06 bits per heavy atom. The van der Waals surface area contributed by atoms with Crippen molar-refractivity contribution < 1.29 is 33.1 Å². The van der Waals surface area contributed by atoms with E-state index in [1.54, 1.807) is 20.0 Å². The van der Waals surface area contributed by atoms with Gasteiger partial charge in [-0.05, 0) is 11.5 Å². The van der Waals surface area contributed by atoms with Crippen LogP contribution < -0.4 is 5.32 Å². The van der Waals surface area contributed by atoms with Gasteiger partial charge in [0.25, 0.3) is 5.91 Å². The molecule has 4 rings (SSSR count). The Bertz CT molecular complexity index is 1150. The van der Waals surface area contributed by atoms with Crippen molar-refractivity contribution in [2.24, 2.45) is 11.1 Å². The molecule has 1 amide bonds. The number of rotatable bonds is 6. The molecule has 1 saturated heterocycles. The Balaban J connectivity index is 1.61. The van der Waals surface area contributed by atoms with Gasteiger partial charge in [-0.3, -0.25) is 19.4 Å². The molecule has 0 bridgehead atoms. The molecule has 1 aromatic heterocycles. The average molecular weight is 457 g/mol. The van der Waals surface area contributed by atoms with Crippen LogP contribution in [-0.4, -0.2) is 52.6 Å². The van der Waals surface area contributed by atoms with Crippen LogP contribution in [-0.2, 0) is 28.7 Å². The molecule has 2 aliphatic rings. The van der Waals surface area contributed by atoms with Crippen LogP contribution in [0.3, 0.4) is 0 Å². The molecule has 3 atom stereocenters. The normalized spacial score (nSPS) is 26.6. The van der Waals surface area contributed by atoms with E-state index in [0.717, 1.165) is 17.7 Å². The van der Waals surface area contributed by atoms with E-state index in [-0.39, 0.29) is 18.8 Å². The molecule has 0 radical (unpaired) electrons. The van der Waals surface area contributed by atoms with E-state index in [4.69, 9.17) is 14.3 Å². The molecule has 3 unspecified atom stereocenters. The van der Waals surface area contributed by atoms with E-state index < -0.39 is 42.0 Å². The first-order chi connectivity index (χ1) is 15.7. The number of carbonyl (C=O) groups is 3. The van der Waals surface area contributed by atoms with Gasteiger partial charge < -0.3 is 19.6 Å². The fraction of sp³-hybridized carbons (Fsp3) is 0.435. The fourth-order valence-electron chi connectivity index (χ4n) is 4.17. The van der Waals surface area contributed by atoms with E-state index >= 15 is 0 Å². The first-order valence-electron chi connectivity index (χ1n) is 10.6. The Labute approximate surface area is 189 Å². The van der Waals surface area contributed by atoms with Crippen molar-refractivity contribution in [3.8, 4) is 0 Å². The second kappa shape index (κ2) is 8.42. The lowest BCUT2D eigenvalue weighted by molar-refractivity contribution is -0.224. The molecular formula is C23H24FN3O6. The van der Waals surface area contributed by atoms with Gasteiger partial charge in [0.1, 0.15) is 11.8 Å². The summed E-state index contributed by atoms with van der Waals surface area (Å²) in [6, 6.07) is 8.31. The number of fused-ring (bicyclic) bond motifs is 1. The summed E-state index contributed by atoms with van der Waals surface area (Å²) in [4.78, 5) is 47.0. The van der Waals surface area contributed by atoms with Crippen molar-refractivity contribution in [1.29, 1.82) is 0 Å². The third kappa shape index (κ3) is 3.90. The lowest BCUT2D eigenvalue weighted by atomic mass is 9.83. The third-order valence-electron chi connectivity index (χ3n) is 6.01. The number of benzene rings is 1. The number of carbonyl (C=O) groups excluding carboxylic acids is 3. The second-order valence-electron chi connectivity index (χ2n) is 8.47. The van der Waals surface area contributed by atoms with Gasteiger partial charge in [0, 0.05) is 30.8 Å². The highest BCUT2D eigenvalue weighted by molar-refractivity contribution is 6.11. The number of amides is 1. The van der Waals surface area contributed by atoms with Gasteiger partial charge in [0.15, 0.2) is 6.67 Å². The minimum absolute atomic E-state index is 0.106. The zero-order chi connectivity index (χ0) is 23.8. The highest BCUT2D eigenvalue weighted by Gasteiger charge is 2.57. The monoisotopic (exact) mass is 457 g/mol. The Hall–Kier alpha value is -3.56. The van der Waals surface area contributed by atoms with Crippen LogP contribution in [0.1, 0.15) is 39.3 Å². The number of ether oxygens (including phenoxy) is 2. The van der Waals surface area contributed by atoms with Gasteiger partial charge in [-0.1, -0.05) is 43.3 Å². The number of cyclic esters (lactones) is 1. The largest absolute Gasteiger partial charge is 0.418 e. The van der Waals surface area contributed by atoms with Gasteiger partial charge in [-0.25, -0.2) is 4.39 Å². The minimum Gasteiger partial charge on any atom is -0.418 e. The van der Waals surface area contributed by atoms with Gasteiger partial charge in [0.05, 0.1) is 12.1 Å². The molecule has 1 fully saturated rings. The van der Waals surface area contributed by atoms with Crippen molar-refractivity contribution in [2.45, 2.75) is 51.0 Å². The standard InChI is InChI=1S/C23H24FN3O6/c1-13(2)22(21(30)26-18-10-19(29)32-23(18,12-24)31-14(3)28)11-17(27-33-22)20-16-7-5-4-6-15(16)8-9-25-20/h4-9,13,18H,10-12H2,1-3H3,(H,26,30). The quantitative estimate of drug-likeness (QED) is 0.662. The maximum absolute atomic E-state index is 13.9. The van der Waals surface area contributed by atoms with E-state index in [1.165, 1.54) is 0 Å². The highest BCUT2D eigenvalue weighted by Crippen LogP contribution is 2.37. The topological polar surface area (TPSA) is 116 Å². The number of esters is 2. The summed E-state index contributed by atoms with van der Waals surface area (Å²) in [5, 5.41) is 8.62. The molecule has 0 spiro atoms. The molecule has 9 nitrogen and oxygen atoms in total. The molecule has 33 heavy (non-hydrogen) atoms. The molecular weight excluding hydrogens is 433 g/mol. The number of halogens is 1. The van der Waals surface area contributed by atoms with Gasteiger partial charge in [-0.2, -0.15) is 0 Å². The molecule has 10 heteroatoms. The number of oxime groups is 1. The lowest BCUT2D eigenvalue weighted by Crippen LogP contribution is -2.60. The molecule has 2 aliphatic heterocycles. The minimum atomic E-state index is -2.21. The van der Waals surface area contributed by atoms with Crippen molar-refractivity contribution in [3.63, 3.8) is 0 Å². The summed E-state index contributed by atoms with van der Waals surface area (Å²) >= 11 is 0. The van der Waals surface area contributed by atoms with Gasteiger partial charge in [0.2, 0.25) is 5.60 Å². The predicted molar refractivity (Wildman–Crippen MR) is 115 cm³/mol. The number of aromatic nitrogens is 1. The predicted octanol–water partition coefficient (Wildman–Crippen LogP) is 2.41. The maximum Gasteiger partial charge on any atom is 0.311 e. The van der Waals surface area contributed by atoms with Crippen molar-refractivity contribution >= 4 is 34.3 Å². The number of alkyl halides is 1. The molecule has 0 aliphatic carbocycles. The molecule has 1 N–H and O–H groups in total. The van der Waals surface area contributed by atoms with Crippen LogP contribution in [0.4, 0.5) is 4.39 Å². The zero-order valence-corrected chi connectivity index (χ0v) is 18.5. The molecule has 1 aromatic carbocycles. The summed E-state index contributed by atoms with van der Waals surface area (Å²) in [5.74, 6) is -4.81. The molecule has 2 aromatic rings. The van der Waals surface area contributed by atoms with Crippen molar-refractivity contribution in [1.82, 2.24) is 10.3 Å². The highest BCUT2D eigenvalue weighted by atomic mass is 19.1. The molecule has 3 heterocycles. The number of hydrogen-bond acceptors (Lipinski definition) is 8. The number of pyridine rings is 1. The second-order valence-corrected chi connectivity index (χ2v) is 8.47. The summed E-state index contributed by atoms with van der Waals surface area (Å²) in [5.41, 5.74) is -0.343. The van der Waals surface area contributed by atoms with Gasteiger partial charge in [-0.15, -0.1) is 0 Å². The van der Waals surface area contributed by atoms with Crippen molar-refractivity contribution in [2.75, 3.05) is 6.67 Å². The first kappa shape index (κ1) is 22.6. The lowest BCUT2D eigenvalue weighted by Gasteiger charge is -2.34. The van der Waals surface area contributed by atoms with E-state index in [9.17, 15) is 18.8 Å². The summed E-state index contributed by atoms with van der Waals surface area (Å²) < 4.78 is 23.8. The molecule has 0 saturated carbocycles. The Morgan fingerprint density at radius 3 is 2.76 bits per heavy atom. The Morgan fingerprint density at radius 1 is 1.30 bits per heavy atom. The first-order valence-corrected chi connectivity index (χ1v) is 10.6. The van der Waals surface area contributed by atoms with Crippen LogP contribution >= 0.6 is 0 Å². The van der Waals surface area contributed by atoms with Crippen LogP contribution in [0.5, 0.6) is 0 Å². The number of hydrogen-bond donors (Lipinski definition) is 1. The van der Waals surface area contributed by atoms with E-state index in [2.05, 4.69) is 15.5 Å². The van der Waals surface area contributed by atoms with Crippen LogP contribution in [0.25, 0.3) is 10.8 Å². The number of nitrogens with zero attached hydrogens (tertiary/aromatic N) is 2. The maximum atomic E-state index is 13.9. The third-order valence-corrected chi connectivity index (χ3v) is 6.01. The average Bonchev–Trinajstić information content (AvgIpc) is 3.36. The summed E-state index contributed by atoms with van der Waals surface area (Å²) in [6.45, 7) is 3.34. The summed E-state index contributed by atoms with van der Waals surface area (Å²) in [6.07, 6.45) is 1.41. The van der Waals surface area contributed by atoms with Crippen molar-refractivity contribution in [3.05, 3.63) is 42.2 Å². The molecule has 174 valence electrons. The van der Waals surface area contributed by atoms with Gasteiger partial charge >= 0.3 is 17.7 Å². The van der Waals surface area contributed by atoms with Crippen LogP contribution in [0.15, 0.2) is 41.7 Å². The Kier molecular flexibility index (Phi) is 5.77. The van der Waals surface area contributed by atoms with Crippen LogP contribution in [0.2, 0.25) is 0 Å². The zero-order valence-electron chi connectivity index (χ0n) is 18.5. The smallest absolute Gasteiger partial charge is 0.311 e. The van der Waals surface area contributed by atoms with Crippen LogP contribution in [0, 0.1) is 5.92 Å². The van der Waals surface area contributed by atoms with E-state index in [0.29, 0.717) is 11.4 Å².